The minimum atomic E-state index is -0.697. The number of aliphatic carboxylic acids is 1. The van der Waals surface area contributed by atoms with Gasteiger partial charge in [0.05, 0.1) is 0 Å². The van der Waals surface area contributed by atoms with Gasteiger partial charge in [0.25, 0.3) is 0 Å². The summed E-state index contributed by atoms with van der Waals surface area (Å²) < 4.78 is 5.13. The van der Waals surface area contributed by atoms with Crippen LogP contribution in [0.15, 0.2) is 0 Å². The summed E-state index contributed by atoms with van der Waals surface area (Å²) in [6, 6.07) is 0. The summed E-state index contributed by atoms with van der Waals surface area (Å²) in [5.74, 6) is 1.72. The van der Waals surface area contributed by atoms with Crippen molar-refractivity contribution in [3.05, 3.63) is 0 Å². The maximum Gasteiger partial charge on any atom is 0.303 e. The van der Waals surface area contributed by atoms with E-state index in [1.165, 1.54) is 0 Å². The standard InChI is InChI=1S/C12H20O3/c1-2-10-15-11-8-6-4-3-5-7-9-12(13)14/h1H,3-11H2,(H,13,14). The van der Waals surface area contributed by atoms with Crippen LogP contribution in [-0.2, 0) is 9.53 Å². The lowest BCUT2D eigenvalue weighted by Gasteiger charge is -2.01. The molecule has 0 aromatic heterocycles. The molecule has 0 aliphatic rings. The zero-order chi connectivity index (χ0) is 11.4. The van der Waals surface area contributed by atoms with E-state index >= 15 is 0 Å². The number of carbonyl (C=O) groups is 1. The van der Waals surface area contributed by atoms with Gasteiger partial charge >= 0.3 is 5.97 Å². The number of hydrogen-bond acceptors (Lipinski definition) is 2. The smallest absolute Gasteiger partial charge is 0.303 e. The van der Waals surface area contributed by atoms with Gasteiger partial charge in [0.15, 0.2) is 0 Å². The van der Waals surface area contributed by atoms with Gasteiger partial charge in [0, 0.05) is 13.0 Å². The van der Waals surface area contributed by atoms with Gasteiger partial charge in [-0.1, -0.05) is 31.6 Å². The summed E-state index contributed by atoms with van der Waals surface area (Å²) in [7, 11) is 0. The average Bonchev–Trinajstić information content (AvgIpc) is 2.20. The van der Waals surface area contributed by atoms with E-state index in [0.717, 1.165) is 45.1 Å². The molecule has 0 atom stereocenters. The third kappa shape index (κ3) is 13.0. The van der Waals surface area contributed by atoms with E-state index in [4.69, 9.17) is 16.3 Å². The molecule has 0 bridgehead atoms. The summed E-state index contributed by atoms with van der Waals surface area (Å²) in [5.41, 5.74) is 0. The molecule has 86 valence electrons. The third-order valence-corrected chi connectivity index (χ3v) is 2.11. The molecule has 0 unspecified atom stereocenters. The summed E-state index contributed by atoms with van der Waals surface area (Å²) in [6.45, 7) is 1.14. The lowest BCUT2D eigenvalue weighted by Crippen LogP contribution is -1.95. The molecule has 0 aromatic rings. The minimum absolute atomic E-state index is 0.297. The Labute approximate surface area is 91.8 Å². The van der Waals surface area contributed by atoms with E-state index in [9.17, 15) is 4.79 Å². The van der Waals surface area contributed by atoms with Crippen LogP contribution in [0.4, 0.5) is 0 Å². The Balaban J connectivity index is 2.93. The highest BCUT2D eigenvalue weighted by atomic mass is 16.5. The molecule has 0 heterocycles. The number of rotatable bonds is 10. The second kappa shape index (κ2) is 11.1. The van der Waals surface area contributed by atoms with Gasteiger partial charge in [-0.15, -0.1) is 6.42 Å². The molecule has 0 amide bonds. The van der Waals surface area contributed by atoms with Crippen molar-refractivity contribution in [1.82, 2.24) is 0 Å². The van der Waals surface area contributed by atoms with Gasteiger partial charge in [0.1, 0.15) is 6.61 Å². The normalized spacial score (nSPS) is 9.80. The number of ether oxygens (including phenoxy) is 1. The molecular weight excluding hydrogens is 192 g/mol. The van der Waals surface area contributed by atoms with E-state index in [1.807, 2.05) is 0 Å². The van der Waals surface area contributed by atoms with Crippen molar-refractivity contribution in [2.45, 2.75) is 44.9 Å². The van der Waals surface area contributed by atoms with Crippen LogP contribution in [0.2, 0.25) is 0 Å². The number of terminal acetylenes is 1. The Bertz CT molecular complexity index is 194. The quantitative estimate of drug-likeness (QED) is 0.447. The first kappa shape index (κ1) is 14.0. The van der Waals surface area contributed by atoms with Crippen LogP contribution in [-0.4, -0.2) is 24.3 Å². The molecule has 0 spiro atoms. The first-order chi connectivity index (χ1) is 7.27. The molecule has 0 rings (SSSR count). The molecule has 0 fully saturated rings. The fourth-order valence-electron chi connectivity index (χ4n) is 1.32. The van der Waals surface area contributed by atoms with Crippen LogP contribution in [0.1, 0.15) is 44.9 Å². The Hall–Kier alpha value is -1.01. The van der Waals surface area contributed by atoms with Crippen molar-refractivity contribution in [3.8, 4) is 12.3 Å². The second-order valence-corrected chi connectivity index (χ2v) is 3.52. The predicted molar refractivity (Wildman–Crippen MR) is 59.6 cm³/mol. The van der Waals surface area contributed by atoms with Gasteiger partial charge in [-0.3, -0.25) is 4.79 Å². The lowest BCUT2D eigenvalue weighted by molar-refractivity contribution is -0.137. The van der Waals surface area contributed by atoms with E-state index in [0.29, 0.717) is 13.0 Å². The van der Waals surface area contributed by atoms with Crippen LogP contribution in [0.25, 0.3) is 0 Å². The largest absolute Gasteiger partial charge is 0.481 e. The maximum atomic E-state index is 10.2. The molecule has 1 N–H and O–H groups in total. The van der Waals surface area contributed by atoms with Crippen LogP contribution < -0.4 is 0 Å². The highest BCUT2D eigenvalue weighted by Gasteiger charge is 1.96. The van der Waals surface area contributed by atoms with Crippen LogP contribution in [0, 0.1) is 12.3 Å². The predicted octanol–water partition coefficient (Wildman–Crippen LogP) is 2.45. The fraction of sp³-hybridized carbons (Fsp3) is 0.750. The number of carboxylic acid groups (broad SMARTS) is 1. The first-order valence-electron chi connectivity index (χ1n) is 5.50. The first-order valence-corrected chi connectivity index (χ1v) is 5.50. The zero-order valence-corrected chi connectivity index (χ0v) is 9.21. The van der Waals surface area contributed by atoms with Gasteiger partial charge in [-0.2, -0.15) is 0 Å². The molecule has 3 heteroatoms. The third-order valence-electron chi connectivity index (χ3n) is 2.11. The molecule has 0 saturated carbocycles. The molecule has 15 heavy (non-hydrogen) atoms. The maximum absolute atomic E-state index is 10.2. The Kier molecular flexibility index (Phi) is 10.3. The van der Waals surface area contributed by atoms with Crippen LogP contribution in [0.5, 0.6) is 0 Å². The number of unbranched alkanes of at least 4 members (excludes halogenated alkanes) is 5. The SMILES string of the molecule is C#CCOCCCCCCCCC(=O)O. The van der Waals surface area contributed by atoms with Crippen LogP contribution in [0.3, 0.4) is 0 Å². The number of carboxylic acids is 1. The molecule has 0 radical (unpaired) electrons. The molecule has 0 aliphatic carbocycles. The molecule has 0 aliphatic heterocycles. The summed E-state index contributed by atoms with van der Waals surface area (Å²) in [5, 5.41) is 8.40. The highest BCUT2D eigenvalue weighted by molar-refractivity contribution is 5.66. The Morgan fingerprint density at radius 1 is 1.13 bits per heavy atom. The van der Waals surface area contributed by atoms with Gasteiger partial charge in [-0.05, 0) is 12.8 Å². The topological polar surface area (TPSA) is 46.5 Å². The molecular formula is C12H20O3. The summed E-state index contributed by atoms with van der Waals surface area (Å²) in [6.07, 6.45) is 11.6. The summed E-state index contributed by atoms with van der Waals surface area (Å²) >= 11 is 0. The minimum Gasteiger partial charge on any atom is -0.481 e. The number of hydrogen-bond donors (Lipinski definition) is 1. The lowest BCUT2D eigenvalue weighted by atomic mass is 10.1. The Morgan fingerprint density at radius 3 is 2.33 bits per heavy atom. The van der Waals surface area contributed by atoms with Crippen molar-refractivity contribution in [1.29, 1.82) is 0 Å². The second-order valence-electron chi connectivity index (χ2n) is 3.52. The molecule has 0 aromatic carbocycles. The summed E-state index contributed by atoms with van der Waals surface area (Å²) in [4.78, 5) is 10.2. The monoisotopic (exact) mass is 212 g/mol. The van der Waals surface area contributed by atoms with E-state index in [1.54, 1.807) is 0 Å². The van der Waals surface area contributed by atoms with Gasteiger partial charge in [0.2, 0.25) is 0 Å². The zero-order valence-electron chi connectivity index (χ0n) is 9.21. The molecule has 0 saturated heterocycles. The van der Waals surface area contributed by atoms with Crippen molar-refractivity contribution in [2.75, 3.05) is 13.2 Å². The fourth-order valence-corrected chi connectivity index (χ4v) is 1.32. The van der Waals surface area contributed by atoms with Gasteiger partial charge in [-0.25, -0.2) is 0 Å². The Morgan fingerprint density at radius 2 is 1.73 bits per heavy atom. The van der Waals surface area contributed by atoms with Crippen molar-refractivity contribution in [2.24, 2.45) is 0 Å². The van der Waals surface area contributed by atoms with Crippen molar-refractivity contribution in [3.63, 3.8) is 0 Å². The molecule has 3 nitrogen and oxygen atoms in total. The van der Waals surface area contributed by atoms with Gasteiger partial charge < -0.3 is 9.84 Å². The van der Waals surface area contributed by atoms with E-state index < -0.39 is 5.97 Å². The highest BCUT2D eigenvalue weighted by Crippen LogP contribution is 2.07. The van der Waals surface area contributed by atoms with Crippen molar-refractivity contribution >= 4 is 5.97 Å². The van der Waals surface area contributed by atoms with Crippen molar-refractivity contribution < 1.29 is 14.6 Å². The average molecular weight is 212 g/mol. The van der Waals surface area contributed by atoms with E-state index in [-0.39, 0.29) is 0 Å². The van der Waals surface area contributed by atoms with Crippen LogP contribution >= 0.6 is 0 Å². The van der Waals surface area contributed by atoms with E-state index in [2.05, 4.69) is 5.92 Å².